The van der Waals surface area contributed by atoms with Crippen LogP contribution in [-0.2, 0) is 19.7 Å². The number of hydrogen-bond donors (Lipinski definition) is 1. The van der Waals surface area contributed by atoms with E-state index in [0.717, 1.165) is 6.26 Å². The van der Waals surface area contributed by atoms with Crippen LogP contribution in [0.1, 0.15) is 12.8 Å². The molecule has 5 nitrogen and oxygen atoms in total. The van der Waals surface area contributed by atoms with Crippen LogP contribution in [0.4, 0.5) is 0 Å². The SMILES string of the molecule is CS(=O)(=O)C1(N)CCCS1(=O)=O. The van der Waals surface area contributed by atoms with Gasteiger partial charge in [0.25, 0.3) is 0 Å². The molecule has 0 aromatic carbocycles. The number of rotatable bonds is 1. The molecular formula is C5H11NO4S2. The second-order valence-corrected chi connectivity index (χ2v) is 7.90. The Morgan fingerprint density at radius 2 is 1.92 bits per heavy atom. The smallest absolute Gasteiger partial charge is 0.220 e. The van der Waals surface area contributed by atoms with Crippen LogP contribution in [-0.4, -0.2) is 33.0 Å². The molecule has 1 heterocycles. The molecular weight excluding hydrogens is 202 g/mol. The Kier molecular flexibility index (Phi) is 2.01. The van der Waals surface area contributed by atoms with E-state index < -0.39 is 23.9 Å². The van der Waals surface area contributed by atoms with Gasteiger partial charge in [-0.15, -0.1) is 0 Å². The van der Waals surface area contributed by atoms with Gasteiger partial charge < -0.3 is 0 Å². The van der Waals surface area contributed by atoms with Gasteiger partial charge in [-0.2, -0.15) is 0 Å². The first-order valence-corrected chi connectivity index (χ1v) is 6.96. The van der Waals surface area contributed by atoms with Crippen molar-refractivity contribution in [2.24, 2.45) is 5.73 Å². The van der Waals surface area contributed by atoms with Crippen LogP contribution in [0, 0.1) is 0 Å². The number of hydrogen-bond acceptors (Lipinski definition) is 5. The summed E-state index contributed by atoms with van der Waals surface area (Å²) < 4.78 is 42.6. The molecule has 0 spiro atoms. The van der Waals surface area contributed by atoms with E-state index in [1.807, 2.05) is 0 Å². The van der Waals surface area contributed by atoms with Crippen LogP contribution in [0.2, 0.25) is 0 Å². The number of sulfone groups is 2. The Morgan fingerprint density at radius 3 is 2.08 bits per heavy atom. The van der Waals surface area contributed by atoms with Gasteiger partial charge in [0, 0.05) is 6.26 Å². The summed E-state index contributed by atoms with van der Waals surface area (Å²) in [4.78, 5) is 0. The average Bonchev–Trinajstić information content (AvgIpc) is 2.07. The summed E-state index contributed by atoms with van der Waals surface area (Å²) >= 11 is 0. The Bertz CT molecular complexity index is 382. The van der Waals surface area contributed by atoms with Crippen LogP contribution in [0.5, 0.6) is 0 Å². The van der Waals surface area contributed by atoms with Crippen molar-refractivity contribution in [2.75, 3.05) is 12.0 Å². The molecule has 2 N–H and O–H groups in total. The highest BCUT2D eigenvalue weighted by Crippen LogP contribution is 2.31. The Hall–Kier alpha value is -0.140. The first kappa shape index (κ1) is 9.94. The fourth-order valence-corrected chi connectivity index (χ4v) is 5.19. The Morgan fingerprint density at radius 1 is 1.42 bits per heavy atom. The monoisotopic (exact) mass is 213 g/mol. The van der Waals surface area contributed by atoms with Crippen molar-refractivity contribution in [3.63, 3.8) is 0 Å². The fourth-order valence-electron chi connectivity index (χ4n) is 1.25. The molecule has 0 aromatic heterocycles. The van der Waals surface area contributed by atoms with Crippen molar-refractivity contribution in [3.05, 3.63) is 0 Å². The molecule has 0 radical (unpaired) electrons. The first-order valence-electron chi connectivity index (χ1n) is 3.41. The summed E-state index contributed by atoms with van der Waals surface area (Å²) in [5, 5.41) is 0. The summed E-state index contributed by atoms with van der Waals surface area (Å²) in [5.74, 6) is -0.128. The highest BCUT2D eigenvalue weighted by molar-refractivity contribution is 8.10. The van der Waals surface area contributed by atoms with Gasteiger partial charge in [0.2, 0.25) is 4.20 Å². The van der Waals surface area contributed by atoms with Gasteiger partial charge in [0.1, 0.15) is 0 Å². The fraction of sp³-hybridized carbons (Fsp3) is 1.00. The van der Waals surface area contributed by atoms with Crippen molar-refractivity contribution in [1.29, 1.82) is 0 Å². The molecule has 7 heteroatoms. The second-order valence-electron chi connectivity index (χ2n) is 3.01. The maximum absolute atomic E-state index is 11.2. The van der Waals surface area contributed by atoms with Crippen molar-refractivity contribution in [1.82, 2.24) is 0 Å². The highest BCUT2D eigenvalue weighted by Gasteiger charge is 2.52. The lowest BCUT2D eigenvalue weighted by Gasteiger charge is -2.19. The van der Waals surface area contributed by atoms with E-state index in [4.69, 9.17) is 5.73 Å². The maximum atomic E-state index is 11.2. The zero-order valence-electron chi connectivity index (χ0n) is 6.65. The van der Waals surface area contributed by atoms with E-state index in [0.29, 0.717) is 6.42 Å². The van der Waals surface area contributed by atoms with Crippen LogP contribution in [0.15, 0.2) is 0 Å². The minimum atomic E-state index is -3.72. The van der Waals surface area contributed by atoms with Gasteiger partial charge in [-0.25, -0.2) is 16.8 Å². The largest absolute Gasteiger partial charge is 0.300 e. The topological polar surface area (TPSA) is 94.3 Å². The number of nitrogens with two attached hydrogens (primary N) is 1. The van der Waals surface area contributed by atoms with Gasteiger partial charge in [-0.1, -0.05) is 0 Å². The third-order valence-corrected chi connectivity index (χ3v) is 7.30. The third kappa shape index (κ3) is 1.16. The van der Waals surface area contributed by atoms with Gasteiger partial charge in [0.05, 0.1) is 5.75 Å². The molecule has 1 rings (SSSR count). The predicted octanol–water partition coefficient (Wildman–Crippen LogP) is -1.15. The molecule has 12 heavy (non-hydrogen) atoms. The van der Waals surface area contributed by atoms with Gasteiger partial charge in [-0.05, 0) is 12.8 Å². The molecule has 1 aliphatic heterocycles. The van der Waals surface area contributed by atoms with E-state index in [1.165, 1.54) is 0 Å². The lowest BCUT2D eigenvalue weighted by Crippen LogP contribution is -2.50. The minimum absolute atomic E-state index is 0.00810. The molecule has 1 fully saturated rings. The highest BCUT2D eigenvalue weighted by atomic mass is 32.3. The quantitative estimate of drug-likeness (QED) is 0.593. The van der Waals surface area contributed by atoms with E-state index in [2.05, 4.69) is 0 Å². The maximum Gasteiger partial charge on any atom is 0.220 e. The van der Waals surface area contributed by atoms with Crippen molar-refractivity contribution >= 4 is 19.7 Å². The second kappa shape index (κ2) is 2.43. The molecule has 0 aliphatic carbocycles. The van der Waals surface area contributed by atoms with E-state index in [9.17, 15) is 16.8 Å². The zero-order valence-corrected chi connectivity index (χ0v) is 8.28. The summed E-state index contributed by atoms with van der Waals surface area (Å²) in [7, 11) is -7.37. The van der Waals surface area contributed by atoms with Gasteiger partial charge in [-0.3, -0.25) is 5.73 Å². The normalized spacial score (nSPS) is 35.2. The van der Waals surface area contributed by atoms with Crippen molar-refractivity contribution in [2.45, 2.75) is 17.0 Å². The standard InChI is InChI=1S/C5H11NO4S2/c1-11(7,8)5(6)3-2-4-12(5,9)10/h2-4,6H2,1H3. The van der Waals surface area contributed by atoms with Crippen LogP contribution >= 0.6 is 0 Å². The molecule has 1 atom stereocenters. The molecule has 1 saturated heterocycles. The molecule has 0 aromatic rings. The summed E-state index contributed by atoms with van der Waals surface area (Å²) in [6.07, 6.45) is 1.19. The van der Waals surface area contributed by atoms with E-state index in [-0.39, 0.29) is 12.2 Å². The molecule has 0 saturated carbocycles. The van der Waals surface area contributed by atoms with Crippen molar-refractivity contribution in [3.8, 4) is 0 Å². The van der Waals surface area contributed by atoms with Gasteiger partial charge >= 0.3 is 0 Å². The molecule has 72 valence electrons. The Labute approximate surface area is 71.8 Å². The zero-order chi connectivity index (χ0) is 9.62. The van der Waals surface area contributed by atoms with Gasteiger partial charge in [0.15, 0.2) is 19.7 Å². The molecule has 1 aliphatic rings. The molecule has 0 bridgehead atoms. The molecule has 1 unspecified atom stereocenters. The minimum Gasteiger partial charge on any atom is -0.300 e. The van der Waals surface area contributed by atoms with Crippen LogP contribution < -0.4 is 5.73 Å². The average molecular weight is 213 g/mol. The Balaban J connectivity index is 3.36. The summed E-state index contributed by atoms with van der Waals surface area (Å²) in [5.41, 5.74) is 5.34. The van der Waals surface area contributed by atoms with Crippen LogP contribution in [0.3, 0.4) is 0 Å². The predicted molar refractivity (Wildman–Crippen MR) is 44.8 cm³/mol. The third-order valence-electron chi connectivity index (χ3n) is 2.09. The lowest BCUT2D eigenvalue weighted by atomic mass is 10.3. The summed E-state index contributed by atoms with van der Waals surface area (Å²) in [6, 6.07) is 0. The van der Waals surface area contributed by atoms with E-state index in [1.54, 1.807) is 0 Å². The van der Waals surface area contributed by atoms with E-state index >= 15 is 0 Å². The molecule has 0 amide bonds. The van der Waals surface area contributed by atoms with Crippen molar-refractivity contribution < 1.29 is 16.8 Å². The summed E-state index contributed by atoms with van der Waals surface area (Å²) in [6.45, 7) is 0. The van der Waals surface area contributed by atoms with Crippen LogP contribution in [0.25, 0.3) is 0 Å². The lowest BCUT2D eigenvalue weighted by molar-refractivity contribution is 0.550. The first-order chi connectivity index (χ1) is 5.21.